The SMILES string of the molecule is OC1CCOCC1c1ccc(Cl)cc1. The second-order valence-corrected chi connectivity index (χ2v) is 4.03. The van der Waals surface area contributed by atoms with Gasteiger partial charge in [-0.25, -0.2) is 0 Å². The van der Waals surface area contributed by atoms with Crippen molar-refractivity contribution in [2.45, 2.75) is 18.4 Å². The molecule has 1 heterocycles. The van der Waals surface area contributed by atoms with Crippen LogP contribution in [0.3, 0.4) is 0 Å². The molecule has 1 aliphatic heterocycles. The zero-order chi connectivity index (χ0) is 9.97. The van der Waals surface area contributed by atoms with E-state index in [1.54, 1.807) is 0 Å². The number of aliphatic hydroxyl groups excluding tert-OH is 1. The number of hydrogen-bond donors (Lipinski definition) is 1. The molecule has 0 spiro atoms. The molecule has 2 atom stereocenters. The van der Waals surface area contributed by atoms with Gasteiger partial charge < -0.3 is 9.84 Å². The number of hydrogen-bond acceptors (Lipinski definition) is 2. The Labute approximate surface area is 88.5 Å². The van der Waals surface area contributed by atoms with Gasteiger partial charge in [0.1, 0.15) is 0 Å². The van der Waals surface area contributed by atoms with Gasteiger partial charge in [-0.2, -0.15) is 0 Å². The molecule has 0 aliphatic carbocycles. The topological polar surface area (TPSA) is 29.5 Å². The Bertz CT molecular complexity index is 297. The maximum absolute atomic E-state index is 9.78. The number of aliphatic hydroxyl groups is 1. The van der Waals surface area contributed by atoms with Crippen molar-refractivity contribution in [2.24, 2.45) is 0 Å². The van der Waals surface area contributed by atoms with E-state index in [1.165, 1.54) is 0 Å². The molecule has 1 fully saturated rings. The van der Waals surface area contributed by atoms with E-state index in [2.05, 4.69) is 0 Å². The third-order valence-corrected chi connectivity index (χ3v) is 2.87. The summed E-state index contributed by atoms with van der Waals surface area (Å²) in [6, 6.07) is 7.59. The van der Waals surface area contributed by atoms with Crippen LogP contribution >= 0.6 is 11.6 Å². The Kier molecular flexibility index (Phi) is 3.06. The standard InChI is InChI=1S/C11H13ClO2/c12-9-3-1-8(2-4-9)10-7-14-6-5-11(10)13/h1-4,10-11,13H,5-7H2. The van der Waals surface area contributed by atoms with Crippen LogP contribution in [0, 0.1) is 0 Å². The lowest BCUT2D eigenvalue weighted by Gasteiger charge is -2.27. The van der Waals surface area contributed by atoms with Gasteiger partial charge in [0.15, 0.2) is 0 Å². The molecule has 0 amide bonds. The number of halogens is 1. The first kappa shape index (κ1) is 9.97. The van der Waals surface area contributed by atoms with Crippen LogP contribution < -0.4 is 0 Å². The molecule has 1 aromatic rings. The van der Waals surface area contributed by atoms with Gasteiger partial charge in [0.05, 0.1) is 12.7 Å². The lowest BCUT2D eigenvalue weighted by Crippen LogP contribution is -2.29. The van der Waals surface area contributed by atoms with Crippen LogP contribution in [0.25, 0.3) is 0 Å². The van der Waals surface area contributed by atoms with Gasteiger partial charge in [0.2, 0.25) is 0 Å². The van der Waals surface area contributed by atoms with Crippen molar-refractivity contribution in [3.05, 3.63) is 34.9 Å². The lowest BCUT2D eigenvalue weighted by molar-refractivity contribution is -0.00591. The first-order valence-electron chi connectivity index (χ1n) is 4.78. The highest BCUT2D eigenvalue weighted by atomic mass is 35.5. The summed E-state index contributed by atoms with van der Waals surface area (Å²) in [6.45, 7) is 1.26. The summed E-state index contributed by atoms with van der Waals surface area (Å²) < 4.78 is 5.34. The summed E-state index contributed by atoms with van der Waals surface area (Å²) in [5.74, 6) is 0.0982. The van der Waals surface area contributed by atoms with E-state index in [0.717, 1.165) is 10.6 Å². The predicted molar refractivity (Wildman–Crippen MR) is 55.6 cm³/mol. The van der Waals surface area contributed by atoms with Gasteiger partial charge in [-0.1, -0.05) is 23.7 Å². The molecule has 2 unspecified atom stereocenters. The molecular formula is C11H13ClO2. The average Bonchev–Trinajstić information content (AvgIpc) is 2.20. The summed E-state index contributed by atoms with van der Waals surface area (Å²) >= 11 is 5.79. The molecule has 76 valence electrons. The molecule has 1 aliphatic rings. The van der Waals surface area contributed by atoms with Gasteiger partial charge in [0.25, 0.3) is 0 Å². The lowest BCUT2D eigenvalue weighted by atomic mass is 9.91. The molecule has 2 rings (SSSR count). The molecule has 1 N–H and O–H groups in total. The van der Waals surface area contributed by atoms with Crippen molar-refractivity contribution in [3.8, 4) is 0 Å². The summed E-state index contributed by atoms with van der Waals surface area (Å²) in [5.41, 5.74) is 1.10. The van der Waals surface area contributed by atoms with Crippen LogP contribution in [0.2, 0.25) is 5.02 Å². The molecule has 2 nitrogen and oxygen atoms in total. The van der Waals surface area contributed by atoms with Gasteiger partial charge >= 0.3 is 0 Å². The average molecular weight is 213 g/mol. The van der Waals surface area contributed by atoms with Crippen molar-refractivity contribution in [1.29, 1.82) is 0 Å². The zero-order valence-electron chi connectivity index (χ0n) is 7.82. The summed E-state index contributed by atoms with van der Waals surface area (Å²) in [5, 5.41) is 10.5. The summed E-state index contributed by atoms with van der Waals surface area (Å²) in [6.07, 6.45) is 0.428. The zero-order valence-corrected chi connectivity index (χ0v) is 8.57. The van der Waals surface area contributed by atoms with Crippen molar-refractivity contribution >= 4 is 11.6 Å². The third kappa shape index (κ3) is 2.08. The van der Waals surface area contributed by atoms with Crippen molar-refractivity contribution in [2.75, 3.05) is 13.2 Å². The van der Waals surface area contributed by atoms with Crippen LogP contribution in [0.15, 0.2) is 24.3 Å². The fraction of sp³-hybridized carbons (Fsp3) is 0.455. The molecule has 1 saturated heterocycles. The normalized spacial score (nSPS) is 27.6. The summed E-state index contributed by atoms with van der Waals surface area (Å²) in [4.78, 5) is 0. The molecular weight excluding hydrogens is 200 g/mol. The Balaban J connectivity index is 2.16. The van der Waals surface area contributed by atoms with Gasteiger partial charge in [-0.3, -0.25) is 0 Å². The predicted octanol–water partition coefficient (Wildman–Crippen LogP) is 2.20. The third-order valence-electron chi connectivity index (χ3n) is 2.62. The van der Waals surface area contributed by atoms with Crippen LogP contribution in [-0.4, -0.2) is 24.4 Å². The molecule has 0 radical (unpaired) electrons. The van der Waals surface area contributed by atoms with Crippen LogP contribution in [-0.2, 0) is 4.74 Å². The van der Waals surface area contributed by atoms with Crippen LogP contribution in [0.5, 0.6) is 0 Å². The largest absolute Gasteiger partial charge is 0.392 e. The van der Waals surface area contributed by atoms with E-state index in [0.29, 0.717) is 19.6 Å². The summed E-state index contributed by atoms with van der Waals surface area (Å²) in [7, 11) is 0. The van der Waals surface area contributed by atoms with Gasteiger partial charge in [0, 0.05) is 17.5 Å². The Morgan fingerprint density at radius 1 is 1.29 bits per heavy atom. The van der Waals surface area contributed by atoms with Crippen LogP contribution in [0.1, 0.15) is 17.9 Å². The highest BCUT2D eigenvalue weighted by Crippen LogP contribution is 2.26. The maximum Gasteiger partial charge on any atom is 0.0652 e. The van der Waals surface area contributed by atoms with E-state index in [1.807, 2.05) is 24.3 Å². The monoisotopic (exact) mass is 212 g/mol. The van der Waals surface area contributed by atoms with E-state index in [9.17, 15) is 5.11 Å². The Morgan fingerprint density at radius 2 is 2.00 bits per heavy atom. The van der Waals surface area contributed by atoms with E-state index in [-0.39, 0.29) is 12.0 Å². The smallest absolute Gasteiger partial charge is 0.0652 e. The van der Waals surface area contributed by atoms with Gasteiger partial charge in [-0.05, 0) is 24.1 Å². The second-order valence-electron chi connectivity index (χ2n) is 3.59. The Morgan fingerprint density at radius 3 is 2.64 bits per heavy atom. The minimum Gasteiger partial charge on any atom is -0.392 e. The molecule has 14 heavy (non-hydrogen) atoms. The van der Waals surface area contributed by atoms with Crippen molar-refractivity contribution in [3.63, 3.8) is 0 Å². The fourth-order valence-electron chi connectivity index (χ4n) is 1.75. The molecule has 3 heteroatoms. The fourth-order valence-corrected chi connectivity index (χ4v) is 1.88. The van der Waals surface area contributed by atoms with E-state index < -0.39 is 0 Å². The molecule has 0 bridgehead atoms. The van der Waals surface area contributed by atoms with E-state index in [4.69, 9.17) is 16.3 Å². The minimum atomic E-state index is -0.287. The number of rotatable bonds is 1. The molecule has 1 aromatic carbocycles. The van der Waals surface area contributed by atoms with Crippen molar-refractivity contribution < 1.29 is 9.84 Å². The van der Waals surface area contributed by atoms with Crippen molar-refractivity contribution in [1.82, 2.24) is 0 Å². The second kappa shape index (κ2) is 4.30. The number of benzene rings is 1. The maximum atomic E-state index is 9.78. The first-order chi connectivity index (χ1) is 6.77. The number of ether oxygens (including phenoxy) is 1. The van der Waals surface area contributed by atoms with Gasteiger partial charge in [-0.15, -0.1) is 0 Å². The molecule has 0 saturated carbocycles. The highest BCUT2D eigenvalue weighted by Gasteiger charge is 2.24. The molecule has 0 aromatic heterocycles. The minimum absolute atomic E-state index is 0.0982. The Hall–Kier alpha value is -0.570. The van der Waals surface area contributed by atoms with Crippen LogP contribution in [0.4, 0.5) is 0 Å². The first-order valence-corrected chi connectivity index (χ1v) is 5.16. The van der Waals surface area contributed by atoms with E-state index >= 15 is 0 Å². The quantitative estimate of drug-likeness (QED) is 0.774. The highest BCUT2D eigenvalue weighted by molar-refractivity contribution is 6.30.